The zero-order valence-electron chi connectivity index (χ0n) is 22.7. The van der Waals surface area contributed by atoms with Gasteiger partial charge in [-0.15, -0.1) is 0 Å². The van der Waals surface area contributed by atoms with Crippen LogP contribution >= 0.6 is 15.9 Å². The van der Waals surface area contributed by atoms with Gasteiger partial charge in [0, 0.05) is 18.7 Å². The fourth-order valence-corrected chi connectivity index (χ4v) is 5.97. The van der Waals surface area contributed by atoms with Crippen molar-refractivity contribution in [2.75, 3.05) is 38.8 Å². The molecular weight excluding hydrogens is 579 g/mol. The van der Waals surface area contributed by atoms with Crippen molar-refractivity contribution in [1.29, 1.82) is 0 Å². The summed E-state index contributed by atoms with van der Waals surface area (Å²) in [6.45, 7) is 3.13. The lowest BCUT2D eigenvalue weighted by molar-refractivity contribution is -0.145. The fraction of sp³-hybridized carbons (Fsp3) is 0.355. The molecule has 2 amide bonds. The summed E-state index contributed by atoms with van der Waals surface area (Å²) in [5.41, 5.74) is 3.40. The van der Waals surface area contributed by atoms with Crippen LogP contribution in [0.1, 0.15) is 41.7 Å². The van der Waals surface area contributed by atoms with Gasteiger partial charge in [-0.1, -0.05) is 29.8 Å². The normalized spacial score (nSPS) is 21.3. The third kappa shape index (κ3) is 5.58. The van der Waals surface area contributed by atoms with E-state index >= 15 is 0 Å². The molecule has 0 N–H and O–H groups in total. The Hall–Kier alpha value is -3.43. The van der Waals surface area contributed by atoms with Crippen molar-refractivity contribution in [2.24, 2.45) is 5.92 Å². The van der Waals surface area contributed by atoms with E-state index in [0.29, 0.717) is 42.1 Å². The molecule has 7 nitrogen and oxygen atoms in total. The number of nitrogens with zero attached hydrogens (tertiary/aromatic N) is 2. The minimum absolute atomic E-state index is 0.0382. The molecule has 210 valence electrons. The quantitative estimate of drug-likeness (QED) is 0.342. The minimum Gasteiger partial charge on any atom is -0.493 e. The van der Waals surface area contributed by atoms with Crippen LogP contribution in [0.2, 0.25) is 0 Å². The van der Waals surface area contributed by atoms with Crippen molar-refractivity contribution in [3.63, 3.8) is 0 Å². The Morgan fingerprint density at radius 1 is 1.00 bits per heavy atom. The number of hydrogen-bond acceptors (Lipinski definition) is 5. The number of ether oxygens (including phenoxy) is 3. The number of halogens is 2. The Labute approximate surface area is 241 Å². The van der Waals surface area contributed by atoms with Gasteiger partial charge < -0.3 is 24.0 Å². The van der Waals surface area contributed by atoms with E-state index in [0.717, 1.165) is 22.4 Å². The number of carbonyl (C=O) groups excluding carboxylic acids is 2. The molecule has 0 aliphatic carbocycles. The van der Waals surface area contributed by atoms with E-state index in [1.54, 1.807) is 37.3 Å². The van der Waals surface area contributed by atoms with E-state index < -0.39 is 12.0 Å². The first-order valence-corrected chi connectivity index (χ1v) is 14.1. The summed E-state index contributed by atoms with van der Waals surface area (Å²) >= 11 is 3.25. The van der Waals surface area contributed by atoms with Gasteiger partial charge in [-0.25, -0.2) is 4.39 Å². The molecule has 0 bridgehead atoms. The van der Waals surface area contributed by atoms with Gasteiger partial charge in [0.05, 0.1) is 43.8 Å². The maximum Gasteiger partial charge on any atom is 0.228 e. The van der Waals surface area contributed by atoms with Crippen molar-refractivity contribution in [3.05, 3.63) is 87.6 Å². The highest BCUT2D eigenvalue weighted by Gasteiger charge is 2.44. The number of piperidine rings is 1. The third-order valence-corrected chi connectivity index (χ3v) is 8.28. The fourth-order valence-electron chi connectivity index (χ4n) is 5.58. The van der Waals surface area contributed by atoms with Crippen LogP contribution in [0, 0.1) is 18.7 Å². The molecule has 2 aliphatic heterocycles. The van der Waals surface area contributed by atoms with E-state index in [4.69, 9.17) is 14.2 Å². The Morgan fingerprint density at radius 2 is 1.73 bits per heavy atom. The molecule has 9 heteroatoms. The van der Waals surface area contributed by atoms with Crippen molar-refractivity contribution < 1.29 is 28.2 Å². The molecule has 0 saturated carbocycles. The van der Waals surface area contributed by atoms with Crippen molar-refractivity contribution >= 4 is 33.4 Å². The van der Waals surface area contributed by atoms with Crippen molar-refractivity contribution in [3.8, 4) is 11.5 Å². The van der Waals surface area contributed by atoms with Gasteiger partial charge in [-0.05, 0) is 76.8 Å². The lowest BCUT2D eigenvalue weighted by atomic mass is 9.82. The molecule has 0 aromatic heterocycles. The molecule has 3 atom stereocenters. The van der Waals surface area contributed by atoms with Gasteiger partial charge in [0.1, 0.15) is 11.9 Å². The molecule has 3 unspecified atom stereocenters. The van der Waals surface area contributed by atoms with Crippen LogP contribution in [-0.4, -0.2) is 50.6 Å². The smallest absolute Gasteiger partial charge is 0.228 e. The number of methoxy groups -OCH3 is 2. The zero-order chi connectivity index (χ0) is 28.4. The number of hydrogen-bond donors (Lipinski definition) is 0. The summed E-state index contributed by atoms with van der Waals surface area (Å²) in [4.78, 5) is 31.3. The molecule has 3 aromatic rings. The van der Waals surface area contributed by atoms with Gasteiger partial charge in [0.25, 0.3) is 0 Å². The lowest BCUT2D eigenvalue weighted by Crippen LogP contribution is -2.51. The lowest BCUT2D eigenvalue weighted by Gasteiger charge is -2.43. The van der Waals surface area contributed by atoms with E-state index in [9.17, 15) is 14.0 Å². The summed E-state index contributed by atoms with van der Waals surface area (Å²) in [6, 6.07) is 17.5. The number of anilines is 1. The molecule has 5 rings (SSSR count). The topological polar surface area (TPSA) is 68.3 Å². The molecule has 0 radical (unpaired) electrons. The second-order valence-electron chi connectivity index (χ2n) is 10.1. The van der Waals surface area contributed by atoms with Crippen LogP contribution in [0.4, 0.5) is 10.1 Å². The number of benzene rings is 3. The highest BCUT2D eigenvalue weighted by molar-refractivity contribution is 9.10. The molecule has 2 fully saturated rings. The summed E-state index contributed by atoms with van der Waals surface area (Å²) < 4.78 is 31.2. The summed E-state index contributed by atoms with van der Waals surface area (Å²) in [6.07, 6.45) is 0.295. The highest BCUT2D eigenvalue weighted by Crippen LogP contribution is 2.43. The largest absolute Gasteiger partial charge is 0.493 e. The van der Waals surface area contributed by atoms with Gasteiger partial charge in [-0.2, -0.15) is 0 Å². The number of amides is 2. The first-order chi connectivity index (χ1) is 19.3. The molecule has 2 heterocycles. The van der Waals surface area contributed by atoms with E-state index in [2.05, 4.69) is 15.9 Å². The van der Waals surface area contributed by atoms with Crippen LogP contribution in [0.15, 0.2) is 65.1 Å². The van der Waals surface area contributed by atoms with Gasteiger partial charge in [-0.3, -0.25) is 9.59 Å². The second-order valence-corrected chi connectivity index (χ2v) is 11.0. The Kier molecular flexibility index (Phi) is 8.42. The first kappa shape index (κ1) is 28.1. The Morgan fingerprint density at radius 3 is 2.42 bits per heavy atom. The maximum atomic E-state index is 14.3. The number of morpholine rings is 1. The maximum absolute atomic E-state index is 14.3. The molecule has 2 aliphatic rings. The SMILES string of the molecule is COc1ccc(C2C(C(=O)N3CCOC(c4ccc(F)c(Br)c4)C3)CCC(=O)N2c2ccc(C)cc2)cc1OC. The Balaban J connectivity index is 1.51. The van der Waals surface area contributed by atoms with Gasteiger partial charge >= 0.3 is 0 Å². The van der Waals surface area contributed by atoms with E-state index in [1.807, 2.05) is 48.2 Å². The minimum atomic E-state index is -0.544. The second kappa shape index (κ2) is 12.0. The predicted molar refractivity (Wildman–Crippen MR) is 153 cm³/mol. The number of rotatable bonds is 6. The molecular formula is C31H32BrFN2O5. The van der Waals surface area contributed by atoms with Crippen LogP contribution in [-0.2, 0) is 14.3 Å². The van der Waals surface area contributed by atoms with Crippen molar-refractivity contribution in [1.82, 2.24) is 4.90 Å². The van der Waals surface area contributed by atoms with Gasteiger partial charge in [0.15, 0.2) is 11.5 Å². The average Bonchev–Trinajstić information content (AvgIpc) is 2.98. The molecule has 2 saturated heterocycles. The average molecular weight is 612 g/mol. The molecule has 40 heavy (non-hydrogen) atoms. The zero-order valence-corrected chi connectivity index (χ0v) is 24.3. The Bertz CT molecular complexity index is 1400. The van der Waals surface area contributed by atoms with Crippen molar-refractivity contribution in [2.45, 2.75) is 31.9 Å². The predicted octanol–water partition coefficient (Wildman–Crippen LogP) is 6.00. The standard InChI is InChI=1S/C31H32BrFN2O5/c1-19-4-8-22(9-5-19)35-29(36)13-10-23(30(35)21-7-12-26(38-2)27(17-21)39-3)31(37)34-14-15-40-28(18-34)20-6-11-25(33)24(32)16-20/h4-9,11-12,16-17,23,28,30H,10,13-15,18H2,1-3H3. The van der Waals surface area contributed by atoms with Crippen LogP contribution < -0.4 is 14.4 Å². The van der Waals surface area contributed by atoms with Crippen LogP contribution in [0.3, 0.4) is 0 Å². The summed E-state index contributed by atoms with van der Waals surface area (Å²) in [7, 11) is 3.14. The monoisotopic (exact) mass is 610 g/mol. The van der Waals surface area contributed by atoms with E-state index in [-0.39, 0.29) is 30.2 Å². The first-order valence-electron chi connectivity index (χ1n) is 13.3. The van der Waals surface area contributed by atoms with Crippen LogP contribution in [0.25, 0.3) is 0 Å². The van der Waals surface area contributed by atoms with Gasteiger partial charge in [0.2, 0.25) is 11.8 Å². The van der Waals surface area contributed by atoms with E-state index in [1.165, 1.54) is 6.07 Å². The molecule has 0 spiro atoms. The highest BCUT2D eigenvalue weighted by atomic mass is 79.9. The van der Waals surface area contributed by atoms with Crippen LogP contribution in [0.5, 0.6) is 11.5 Å². The molecule has 3 aromatic carbocycles. The number of aryl methyl sites for hydroxylation is 1. The number of carbonyl (C=O) groups is 2. The third-order valence-electron chi connectivity index (χ3n) is 7.67. The summed E-state index contributed by atoms with van der Waals surface area (Å²) in [5, 5.41) is 0. The summed E-state index contributed by atoms with van der Waals surface area (Å²) in [5.74, 6) is 0.174.